The number of aliphatic imine (C=N–C) groups is 1. The second-order valence-electron chi connectivity index (χ2n) is 8.29. The topological polar surface area (TPSA) is 91.9 Å². The number of ether oxygens (including phenoxy) is 3. The molecule has 2 fully saturated rings. The van der Waals surface area contributed by atoms with Crippen LogP contribution in [0.2, 0.25) is 0 Å². The van der Waals surface area contributed by atoms with E-state index in [1.165, 1.54) is 6.33 Å². The van der Waals surface area contributed by atoms with Crippen LogP contribution in [0.5, 0.6) is 5.75 Å². The second-order valence-corrected chi connectivity index (χ2v) is 8.29. The van der Waals surface area contributed by atoms with Crippen molar-refractivity contribution in [3.8, 4) is 16.9 Å². The zero-order chi connectivity index (χ0) is 18.8. The molecular weight excluding hydrogens is 356 g/mol. The summed E-state index contributed by atoms with van der Waals surface area (Å²) in [5.74, 6) is 1.05. The minimum absolute atomic E-state index is 0.0210. The van der Waals surface area contributed by atoms with Gasteiger partial charge in [0.1, 0.15) is 30.3 Å². The first-order valence-corrected chi connectivity index (χ1v) is 9.86. The van der Waals surface area contributed by atoms with Gasteiger partial charge < -0.3 is 19.9 Å². The summed E-state index contributed by atoms with van der Waals surface area (Å²) in [6.07, 6.45) is 9.31. The molecule has 7 heteroatoms. The molecule has 28 heavy (non-hydrogen) atoms. The van der Waals surface area contributed by atoms with Gasteiger partial charge in [-0.05, 0) is 43.4 Å². The fourth-order valence-corrected chi connectivity index (χ4v) is 5.34. The van der Waals surface area contributed by atoms with Gasteiger partial charge in [-0.1, -0.05) is 6.07 Å². The lowest BCUT2D eigenvalue weighted by molar-refractivity contribution is -0.197. The summed E-state index contributed by atoms with van der Waals surface area (Å²) in [7, 11) is 0. The molecule has 1 aliphatic carbocycles. The predicted molar refractivity (Wildman–Crippen MR) is 102 cm³/mol. The number of nitrogens with zero attached hydrogens (tertiary/aromatic N) is 3. The highest BCUT2D eigenvalue weighted by molar-refractivity contribution is 5.75. The molecule has 0 radical (unpaired) electrons. The Morgan fingerprint density at radius 3 is 2.68 bits per heavy atom. The Balaban J connectivity index is 1.49. The van der Waals surface area contributed by atoms with Crippen molar-refractivity contribution in [3.63, 3.8) is 0 Å². The SMILES string of the molecule is NC1=NC2(CO1)c1cc(-c3cncnc3)ccc1OC1CCC3(CCO3)C[C@@H]12. The molecule has 3 aliphatic heterocycles. The number of benzene rings is 1. The van der Waals surface area contributed by atoms with Crippen LogP contribution in [0.25, 0.3) is 11.1 Å². The highest BCUT2D eigenvalue weighted by atomic mass is 16.5. The molecule has 2 N–H and O–H groups in total. The summed E-state index contributed by atoms with van der Waals surface area (Å²) in [6.45, 7) is 1.29. The van der Waals surface area contributed by atoms with E-state index in [1.54, 1.807) is 0 Å². The van der Waals surface area contributed by atoms with Crippen LogP contribution in [0, 0.1) is 5.92 Å². The Labute approximate surface area is 162 Å². The van der Waals surface area contributed by atoms with Gasteiger partial charge in [0.25, 0.3) is 6.02 Å². The quantitative estimate of drug-likeness (QED) is 0.819. The molecule has 6 rings (SSSR count). The highest BCUT2D eigenvalue weighted by Gasteiger charge is 2.59. The Morgan fingerprint density at radius 2 is 1.96 bits per heavy atom. The normalized spacial score (nSPS) is 35.4. The maximum atomic E-state index is 6.46. The zero-order valence-corrected chi connectivity index (χ0v) is 15.5. The lowest BCUT2D eigenvalue weighted by Gasteiger charge is -2.54. The van der Waals surface area contributed by atoms with Crippen molar-refractivity contribution in [3.05, 3.63) is 42.5 Å². The van der Waals surface area contributed by atoms with Crippen molar-refractivity contribution >= 4 is 6.02 Å². The fourth-order valence-electron chi connectivity index (χ4n) is 5.34. The number of hydrogen-bond acceptors (Lipinski definition) is 7. The first-order chi connectivity index (χ1) is 13.7. The highest BCUT2D eigenvalue weighted by Crippen LogP contribution is 2.56. The van der Waals surface area contributed by atoms with Crippen LogP contribution in [-0.4, -0.2) is 40.9 Å². The molecule has 2 spiro atoms. The molecule has 1 aromatic carbocycles. The summed E-state index contributed by atoms with van der Waals surface area (Å²) >= 11 is 0. The third kappa shape index (κ3) is 2.22. The van der Waals surface area contributed by atoms with E-state index < -0.39 is 5.54 Å². The number of amidine groups is 1. The zero-order valence-electron chi connectivity index (χ0n) is 15.5. The first-order valence-electron chi connectivity index (χ1n) is 9.86. The maximum Gasteiger partial charge on any atom is 0.283 e. The Kier molecular flexibility index (Phi) is 3.30. The molecule has 0 bridgehead atoms. The summed E-state index contributed by atoms with van der Waals surface area (Å²) < 4.78 is 18.2. The fraction of sp³-hybridized carbons (Fsp3) is 0.476. The Morgan fingerprint density at radius 1 is 1.11 bits per heavy atom. The average Bonchev–Trinajstić information content (AvgIpc) is 3.10. The number of nitrogens with two attached hydrogens (primary N) is 1. The second kappa shape index (κ2) is 5.67. The van der Waals surface area contributed by atoms with Gasteiger partial charge in [-0.2, -0.15) is 0 Å². The lowest BCUT2D eigenvalue weighted by atomic mass is 9.62. The van der Waals surface area contributed by atoms with E-state index in [4.69, 9.17) is 24.9 Å². The first kappa shape index (κ1) is 16.3. The molecule has 3 unspecified atom stereocenters. The molecule has 1 saturated heterocycles. The van der Waals surface area contributed by atoms with Crippen molar-refractivity contribution < 1.29 is 14.2 Å². The average molecular weight is 378 g/mol. The van der Waals surface area contributed by atoms with E-state index in [9.17, 15) is 0 Å². The van der Waals surface area contributed by atoms with E-state index in [0.717, 1.165) is 54.7 Å². The monoisotopic (exact) mass is 378 g/mol. The van der Waals surface area contributed by atoms with Crippen molar-refractivity contribution in [2.24, 2.45) is 16.6 Å². The smallest absolute Gasteiger partial charge is 0.283 e. The standard InChI is InChI=1S/C21H22N4O3/c22-19-25-21(11-26-19)15-7-13(14-9-23-12-24-10-14)1-2-17(15)28-18-3-4-20(5-6-27-20)8-16(18)21/h1-2,7,9-10,12,16,18H,3-6,8,11H2,(H2,22,25)/t16-,18?,20?,21?/m0/s1. The van der Waals surface area contributed by atoms with Gasteiger partial charge in [0, 0.05) is 29.4 Å². The number of aromatic nitrogens is 2. The van der Waals surface area contributed by atoms with Gasteiger partial charge in [-0.25, -0.2) is 15.0 Å². The summed E-state index contributed by atoms with van der Waals surface area (Å²) in [5, 5.41) is 0. The van der Waals surface area contributed by atoms with Crippen LogP contribution in [0.3, 0.4) is 0 Å². The lowest BCUT2D eigenvalue weighted by Crippen LogP contribution is -2.58. The summed E-state index contributed by atoms with van der Waals surface area (Å²) in [6, 6.07) is 6.48. The van der Waals surface area contributed by atoms with Gasteiger partial charge in [0.05, 0.1) is 12.2 Å². The van der Waals surface area contributed by atoms with Crippen molar-refractivity contribution in [1.82, 2.24) is 9.97 Å². The van der Waals surface area contributed by atoms with Crippen LogP contribution in [0.15, 0.2) is 41.9 Å². The van der Waals surface area contributed by atoms with E-state index in [-0.39, 0.29) is 23.6 Å². The van der Waals surface area contributed by atoms with Gasteiger partial charge in [0.2, 0.25) is 0 Å². The summed E-state index contributed by atoms with van der Waals surface area (Å²) in [5.41, 5.74) is 8.50. The van der Waals surface area contributed by atoms with Crippen molar-refractivity contribution in [1.29, 1.82) is 0 Å². The number of rotatable bonds is 1. The van der Waals surface area contributed by atoms with E-state index in [2.05, 4.69) is 16.0 Å². The van der Waals surface area contributed by atoms with Gasteiger partial charge in [-0.15, -0.1) is 0 Å². The van der Waals surface area contributed by atoms with Crippen molar-refractivity contribution in [2.45, 2.75) is 42.9 Å². The third-order valence-corrected chi connectivity index (χ3v) is 6.87. The maximum absolute atomic E-state index is 6.46. The van der Waals surface area contributed by atoms with E-state index >= 15 is 0 Å². The molecule has 0 amide bonds. The van der Waals surface area contributed by atoms with Crippen molar-refractivity contribution in [2.75, 3.05) is 13.2 Å². The Hall–Kier alpha value is -2.67. The summed E-state index contributed by atoms with van der Waals surface area (Å²) in [4.78, 5) is 13.2. The number of fused-ring (bicyclic) bond motifs is 4. The van der Waals surface area contributed by atoms with Gasteiger partial charge in [-0.3, -0.25) is 0 Å². The molecule has 2 aromatic rings. The Bertz CT molecular complexity index is 959. The molecule has 144 valence electrons. The molecule has 1 saturated carbocycles. The largest absolute Gasteiger partial charge is 0.490 e. The van der Waals surface area contributed by atoms with Crippen LogP contribution in [0.4, 0.5) is 0 Å². The van der Waals surface area contributed by atoms with E-state index in [0.29, 0.717) is 6.61 Å². The molecular formula is C21H22N4O3. The molecule has 4 atom stereocenters. The van der Waals surface area contributed by atoms with Crippen LogP contribution >= 0.6 is 0 Å². The van der Waals surface area contributed by atoms with Gasteiger partial charge in [0.15, 0.2) is 0 Å². The predicted octanol–water partition coefficient (Wildman–Crippen LogP) is 2.40. The minimum Gasteiger partial charge on any atom is -0.490 e. The molecule has 4 aliphatic rings. The van der Waals surface area contributed by atoms with Crippen LogP contribution in [-0.2, 0) is 15.0 Å². The third-order valence-electron chi connectivity index (χ3n) is 6.87. The minimum atomic E-state index is -0.527. The van der Waals surface area contributed by atoms with Gasteiger partial charge >= 0.3 is 0 Å². The molecule has 1 aromatic heterocycles. The van der Waals surface area contributed by atoms with E-state index in [1.807, 2.05) is 24.5 Å². The van der Waals surface area contributed by atoms with Crippen LogP contribution in [0.1, 0.15) is 31.2 Å². The van der Waals surface area contributed by atoms with Crippen LogP contribution < -0.4 is 10.5 Å². The number of hydrogen-bond donors (Lipinski definition) is 1. The molecule has 7 nitrogen and oxygen atoms in total. The molecule has 4 heterocycles.